The van der Waals surface area contributed by atoms with Gasteiger partial charge < -0.3 is 0 Å². The van der Waals surface area contributed by atoms with Crippen LogP contribution in [-0.2, 0) is 28.1 Å². The average molecular weight is 276 g/mol. The predicted octanol–water partition coefficient (Wildman–Crippen LogP) is 4.99. The molecule has 0 N–H and O–H groups in total. The molecular formula is C17H24Ti. The van der Waals surface area contributed by atoms with E-state index >= 15 is 0 Å². The van der Waals surface area contributed by atoms with Crippen LogP contribution in [0.5, 0.6) is 0 Å². The maximum Gasteiger partial charge on any atom is 2.00 e. The van der Waals surface area contributed by atoms with Gasteiger partial charge in [0.15, 0.2) is 0 Å². The summed E-state index contributed by atoms with van der Waals surface area (Å²) in [6.45, 7) is 10.9. The molecule has 2 aromatic carbocycles. The van der Waals surface area contributed by atoms with Crippen LogP contribution in [0, 0.1) is 27.7 Å². The fourth-order valence-electron chi connectivity index (χ4n) is 2.00. The Bertz CT molecular complexity index is 410. The van der Waals surface area contributed by atoms with Crippen molar-refractivity contribution in [2.45, 2.75) is 47.5 Å². The van der Waals surface area contributed by atoms with Crippen LogP contribution in [0.1, 0.15) is 41.2 Å². The van der Waals surface area contributed by atoms with Crippen molar-refractivity contribution in [2.24, 2.45) is 0 Å². The summed E-state index contributed by atoms with van der Waals surface area (Å²) in [7, 11) is 0. The first-order chi connectivity index (χ1) is 8.06. The van der Waals surface area contributed by atoms with E-state index in [0.717, 1.165) is 0 Å². The van der Waals surface area contributed by atoms with Crippen LogP contribution >= 0.6 is 0 Å². The zero-order chi connectivity index (χ0) is 12.8. The first-order valence-electron chi connectivity index (χ1n) is 6.47. The van der Waals surface area contributed by atoms with Crippen molar-refractivity contribution < 1.29 is 21.7 Å². The van der Waals surface area contributed by atoms with Gasteiger partial charge in [0.25, 0.3) is 0 Å². The topological polar surface area (TPSA) is 0 Å². The minimum Gasteiger partial charge on any atom is -0.213 e. The Morgan fingerprint density at radius 3 is 1.89 bits per heavy atom. The van der Waals surface area contributed by atoms with Crippen LogP contribution < -0.4 is 0 Å². The SMILES string of the molecule is CCC[c-]1cccc1.Cc1c[c-](C)c(C)c1C.[Ti+2]. The van der Waals surface area contributed by atoms with Gasteiger partial charge in [0.1, 0.15) is 0 Å². The van der Waals surface area contributed by atoms with Crippen molar-refractivity contribution in [1.29, 1.82) is 0 Å². The second kappa shape index (κ2) is 8.50. The van der Waals surface area contributed by atoms with Gasteiger partial charge in [-0.3, -0.25) is 0 Å². The third-order valence-corrected chi connectivity index (χ3v) is 3.45. The van der Waals surface area contributed by atoms with Crippen LogP contribution in [0.15, 0.2) is 30.3 Å². The summed E-state index contributed by atoms with van der Waals surface area (Å²) < 4.78 is 0. The number of hydrogen-bond donors (Lipinski definition) is 0. The van der Waals surface area contributed by atoms with Gasteiger partial charge in [-0.15, -0.1) is 0 Å². The monoisotopic (exact) mass is 276 g/mol. The van der Waals surface area contributed by atoms with Crippen molar-refractivity contribution in [1.82, 2.24) is 0 Å². The van der Waals surface area contributed by atoms with Gasteiger partial charge in [0.2, 0.25) is 0 Å². The molecule has 0 nitrogen and oxygen atoms in total. The Morgan fingerprint density at radius 1 is 1.06 bits per heavy atom. The molecule has 0 heterocycles. The second-order valence-corrected chi connectivity index (χ2v) is 4.80. The minimum atomic E-state index is 0. The predicted molar refractivity (Wildman–Crippen MR) is 77.0 cm³/mol. The van der Waals surface area contributed by atoms with Gasteiger partial charge >= 0.3 is 21.7 Å². The van der Waals surface area contributed by atoms with Crippen molar-refractivity contribution in [3.8, 4) is 0 Å². The van der Waals surface area contributed by atoms with Gasteiger partial charge in [-0.25, -0.2) is 12.1 Å². The quantitative estimate of drug-likeness (QED) is 0.535. The Kier molecular flexibility index (Phi) is 8.23. The van der Waals surface area contributed by atoms with Crippen LogP contribution in [0.3, 0.4) is 0 Å². The van der Waals surface area contributed by atoms with E-state index in [4.69, 9.17) is 0 Å². The normalized spacial score (nSPS) is 9.39. The van der Waals surface area contributed by atoms with E-state index in [1.54, 1.807) is 0 Å². The molecule has 0 aliphatic carbocycles. The molecule has 96 valence electrons. The van der Waals surface area contributed by atoms with E-state index in [9.17, 15) is 0 Å². The molecule has 0 fully saturated rings. The summed E-state index contributed by atoms with van der Waals surface area (Å²) in [6, 6.07) is 10.8. The van der Waals surface area contributed by atoms with Crippen LogP contribution in [0.25, 0.3) is 0 Å². The van der Waals surface area contributed by atoms with Crippen molar-refractivity contribution >= 4 is 0 Å². The van der Waals surface area contributed by atoms with E-state index in [1.807, 2.05) is 0 Å². The summed E-state index contributed by atoms with van der Waals surface area (Å²) >= 11 is 0. The molecule has 1 heteroatoms. The zero-order valence-electron chi connectivity index (χ0n) is 12.3. The third-order valence-electron chi connectivity index (χ3n) is 3.45. The summed E-state index contributed by atoms with van der Waals surface area (Å²) in [5, 5.41) is 0. The smallest absolute Gasteiger partial charge is 0.213 e. The van der Waals surface area contributed by atoms with Gasteiger partial charge in [0.05, 0.1) is 0 Å². The van der Waals surface area contributed by atoms with Crippen molar-refractivity contribution in [3.05, 3.63) is 58.1 Å². The molecule has 0 aliphatic heterocycles. The van der Waals surface area contributed by atoms with Crippen molar-refractivity contribution in [2.75, 3.05) is 0 Å². The maximum absolute atomic E-state index is 2.24. The third kappa shape index (κ3) is 4.96. The largest absolute Gasteiger partial charge is 2.00 e. The van der Waals surface area contributed by atoms with Gasteiger partial charge in [-0.2, -0.15) is 46.0 Å². The second-order valence-electron chi connectivity index (χ2n) is 4.80. The summed E-state index contributed by atoms with van der Waals surface area (Å²) in [4.78, 5) is 0. The molecule has 0 bridgehead atoms. The standard InChI is InChI=1S/C9H13.C8H11.Ti/c1-6-5-7(2)9(4)8(6)3;1-2-5-8-6-3-4-7-8;/h5H,1-4H3;3-4,6-7H,2,5H2,1H3;/q2*-1;+2. The molecule has 0 aromatic heterocycles. The molecule has 2 aromatic rings. The fraction of sp³-hybridized carbons (Fsp3) is 0.412. The summed E-state index contributed by atoms with van der Waals surface area (Å²) in [6.07, 6.45) is 2.48. The average Bonchev–Trinajstić information content (AvgIpc) is 2.87. The Hall–Kier alpha value is -0.586. The maximum atomic E-state index is 2.24. The van der Waals surface area contributed by atoms with E-state index < -0.39 is 0 Å². The molecular weight excluding hydrogens is 252 g/mol. The molecule has 0 amide bonds. The Balaban J connectivity index is 0.000000306. The van der Waals surface area contributed by atoms with E-state index in [-0.39, 0.29) is 21.7 Å². The molecule has 0 radical (unpaired) electrons. The summed E-state index contributed by atoms with van der Waals surface area (Å²) in [5.74, 6) is 0. The number of rotatable bonds is 2. The minimum absolute atomic E-state index is 0. The molecule has 0 atom stereocenters. The Morgan fingerprint density at radius 2 is 1.61 bits per heavy atom. The van der Waals surface area contributed by atoms with Crippen LogP contribution in [0.4, 0.5) is 0 Å². The van der Waals surface area contributed by atoms with E-state index in [1.165, 1.54) is 40.7 Å². The van der Waals surface area contributed by atoms with Crippen LogP contribution in [0.2, 0.25) is 0 Å². The van der Waals surface area contributed by atoms with Gasteiger partial charge in [-0.1, -0.05) is 47.5 Å². The first kappa shape index (κ1) is 17.4. The van der Waals surface area contributed by atoms with Crippen molar-refractivity contribution in [3.63, 3.8) is 0 Å². The molecule has 0 spiro atoms. The summed E-state index contributed by atoms with van der Waals surface area (Å²) in [5.41, 5.74) is 7.21. The molecule has 0 saturated carbocycles. The molecule has 2 rings (SSSR count). The first-order valence-corrected chi connectivity index (χ1v) is 6.47. The molecule has 18 heavy (non-hydrogen) atoms. The number of aryl methyl sites for hydroxylation is 3. The molecule has 0 unspecified atom stereocenters. The molecule has 0 saturated heterocycles. The number of hydrogen-bond acceptors (Lipinski definition) is 0. The zero-order valence-corrected chi connectivity index (χ0v) is 13.9. The fourth-order valence-corrected chi connectivity index (χ4v) is 2.00. The Labute approximate surface area is 127 Å². The molecule has 0 aliphatic rings. The van der Waals surface area contributed by atoms with E-state index in [2.05, 4.69) is 65.0 Å². The van der Waals surface area contributed by atoms with E-state index in [0.29, 0.717) is 0 Å². The van der Waals surface area contributed by atoms with Gasteiger partial charge in [-0.05, 0) is 0 Å². The van der Waals surface area contributed by atoms with Crippen LogP contribution in [-0.4, -0.2) is 0 Å². The van der Waals surface area contributed by atoms with Gasteiger partial charge in [0, 0.05) is 0 Å².